The molecule has 5 heteroatoms. The maximum absolute atomic E-state index is 13.6. The molecule has 1 N–H and O–H groups in total. The number of hydrogen-bond acceptors (Lipinski definition) is 3. The highest BCUT2D eigenvalue weighted by Gasteiger charge is 2.30. The number of carbonyl (C=O) groups is 2. The van der Waals surface area contributed by atoms with Crippen LogP contribution in [0, 0.1) is 0 Å². The number of carbonyl (C=O) groups excluding carboxylic acids is 2. The molecule has 0 radical (unpaired) electrons. The molecule has 1 atom stereocenters. The smallest absolute Gasteiger partial charge is 0.243 e. The summed E-state index contributed by atoms with van der Waals surface area (Å²) in [6.07, 6.45) is 2.22. The van der Waals surface area contributed by atoms with E-state index in [1.54, 1.807) is 17.2 Å². The van der Waals surface area contributed by atoms with Crippen molar-refractivity contribution >= 4 is 11.8 Å². The SMILES string of the molecule is O=C(NCc1ccco1)[C@@H](Cc1ccccc1)N(Cc1ccccc1)C(=O)Cc1ccccc1. The molecule has 4 aromatic rings. The monoisotopic (exact) mass is 452 g/mol. The van der Waals surface area contributed by atoms with Crippen LogP contribution in [0.4, 0.5) is 0 Å². The first-order valence-corrected chi connectivity index (χ1v) is 11.4. The second-order valence-electron chi connectivity index (χ2n) is 8.17. The Morgan fingerprint density at radius 1 is 0.735 bits per heavy atom. The van der Waals surface area contributed by atoms with Crippen LogP contribution in [-0.2, 0) is 35.5 Å². The van der Waals surface area contributed by atoms with E-state index in [0.717, 1.165) is 16.7 Å². The topological polar surface area (TPSA) is 62.6 Å². The maximum atomic E-state index is 13.6. The molecule has 4 rings (SSSR count). The Bertz CT molecular complexity index is 1160. The summed E-state index contributed by atoms with van der Waals surface area (Å²) in [7, 11) is 0. The highest BCUT2D eigenvalue weighted by molar-refractivity contribution is 5.88. The average Bonchev–Trinajstić information content (AvgIpc) is 3.40. The molecule has 0 aliphatic heterocycles. The minimum atomic E-state index is -0.672. The van der Waals surface area contributed by atoms with E-state index < -0.39 is 6.04 Å². The number of benzene rings is 3. The van der Waals surface area contributed by atoms with Crippen LogP contribution in [0.5, 0.6) is 0 Å². The molecule has 0 unspecified atom stereocenters. The Kier molecular flexibility index (Phi) is 7.90. The summed E-state index contributed by atoms with van der Waals surface area (Å²) in [4.78, 5) is 28.8. The van der Waals surface area contributed by atoms with E-state index >= 15 is 0 Å². The average molecular weight is 453 g/mol. The van der Waals surface area contributed by atoms with E-state index in [1.807, 2.05) is 97.1 Å². The fourth-order valence-corrected chi connectivity index (χ4v) is 3.91. The predicted octanol–water partition coefficient (Wildman–Crippen LogP) is 4.78. The van der Waals surface area contributed by atoms with Crippen molar-refractivity contribution in [2.75, 3.05) is 0 Å². The fourth-order valence-electron chi connectivity index (χ4n) is 3.91. The summed E-state index contributed by atoms with van der Waals surface area (Å²) in [5, 5.41) is 2.96. The summed E-state index contributed by atoms with van der Waals surface area (Å²) < 4.78 is 5.37. The van der Waals surface area contributed by atoms with Gasteiger partial charge in [-0.15, -0.1) is 0 Å². The number of nitrogens with zero attached hydrogens (tertiary/aromatic N) is 1. The summed E-state index contributed by atoms with van der Waals surface area (Å²) in [5.41, 5.74) is 2.88. The quantitative estimate of drug-likeness (QED) is 0.377. The first-order valence-electron chi connectivity index (χ1n) is 11.4. The van der Waals surface area contributed by atoms with E-state index in [1.165, 1.54) is 0 Å². The normalized spacial score (nSPS) is 11.5. The lowest BCUT2D eigenvalue weighted by Gasteiger charge is -2.31. The van der Waals surface area contributed by atoms with Gasteiger partial charge in [-0.2, -0.15) is 0 Å². The van der Waals surface area contributed by atoms with Gasteiger partial charge in [-0.3, -0.25) is 9.59 Å². The van der Waals surface area contributed by atoms with E-state index in [4.69, 9.17) is 4.42 Å². The van der Waals surface area contributed by atoms with Crippen molar-refractivity contribution in [3.8, 4) is 0 Å². The number of rotatable bonds is 10. The van der Waals surface area contributed by atoms with Crippen LogP contribution in [0.25, 0.3) is 0 Å². The summed E-state index contributed by atoms with van der Waals surface area (Å²) in [6.45, 7) is 0.612. The number of furan rings is 1. The molecule has 0 aliphatic carbocycles. The van der Waals surface area contributed by atoms with Crippen LogP contribution in [0.15, 0.2) is 114 Å². The molecule has 0 fully saturated rings. The van der Waals surface area contributed by atoms with Gasteiger partial charge >= 0.3 is 0 Å². The number of hydrogen-bond donors (Lipinski definition) is 1. The van der Waals surface area contributed by atoms with Crippen molar-refractivity contribution in [3.05, 3.63) is 132 Å². The minimum absolute atomic E-state index is 0.0934. The van der Waals surface area contributed by atoms with Gasteiger partial charge in [0.05, 0.1) is 19.2 Å². The van der Waals surface area contributed by atoms with Crippen molar-refractivity contribution in [1.29, 1.82) is 0 Å². The van der Waals surface area contributed by atoms with Crippen LogP contribution in [0.2, 0.25) is 0 Å². The molecule has 0 bridgehead atoms. The first-order chi connectivity index (χ1) is 16.7. The summed E-state index contributed by atoms with van der Waals surface area (Å²) >= 11 is 0. The predicted molar refractivity (Wildman–Crippen MR) is 132 cm³/mol. The molecule has 5 nitrogen and oxygen atoms in total. The van der Waals surface area contributed by atoms with Gasteiger partial charge in [0.15, 0.2) is 0 Å². The van der Waals surface area contributed by atoms with Gasteiger partial charge in [-0.05, 0) is 28.8 Å². The molecular weight excluding hydrogens is 424 g/mol. The molecule has 3 aromatic carbocycles. The van der Waals surface area contributed by atoms with Crippen molar-refractivity contribution in [2.45, 2.75) is 32.0 Å². The molecule has 34 heavy (non-hydrogen) atoms. The maximum Gasteiger partial charge on any atom is 0.243 e. The van der Waals surface area contributed by atoms with Gasteiger partial charge in [0.2, 0.25) is 11.8 Å². The van der Waals surface area contributed by atoms with Crippen molar-refractivity contribution < 1.29 is 14.0 Å². The molecule has 1 heterocycles. The number of amides is 2. The molecule has 2 amide bonds. The zero-order chi connectivity index (χ0) is 23.6. The van der Waals surface area contributed by atoms with Gasteiger partial charge in [-0.1, -0.05) is 91.0 Å². The zero-order valence-corrected chi connectivity index (χ0v) is 19.0. The highest BCUT2D eigenvalue weighted by Crippen LogP contribution is 2.17. The van der Waals surface area contributed by atoms with Gasteiger partial charge in [0.1, 0.15) is 11.8 Å². The zero-order valence-electron chi connectivity index (χ0n) is 19.0. The van der Waals surface area contributed by atoms with Gasteiger partial charge in [-0.25, -0.2) is 0 Å². The van der Waals surface area contributed by atoms with Crippen LogP contribution < -0.4 is 5.32 Å². The summed E-state index contributed by atoms with van der Waals surface area (Å²) in [6, 6.07) is 32.1. The first kappa shape index (κ1) is 23.1. The Morgan fingerprint density at radius 2 is 1.32 bits per heavy atom. The lowest BCUT2D eigenvalue weighted by Crippen LogP contribution is -2.50. The molecule has 1 aromatic heterocycles. The Morgan fingerprint density at radius 3 is 1.91 bits per heavy atom. The van der Waals surface area contributed by atoms with Crippen molar-refractivity contribution in [3.63, 3.8) is 0 Å². The molecule has 0 saturated carbocycles. The molecule has 0 spiro atoms. The third-order valence-electron chi connectivity index (χ3n) is 5.68. The largest absolute Gasteiger partial charge is 0.467 e. The van der Waals surface area contributed by atoms with Crippen molar-refractivity contribution in [2.24, 2.45) is 0 Å². The summed E-state index contributed by atoms with van der Waals surface area (Å²) in [5.74, 6) is 0.360. The second kappa shape index (κ2) is 11.7. The third-order valence-corrected chi connectivity index (χ3v) is 5.68. The standard InChI is InChI=1S/C29H28N2O3/c32-28(20-24-13-6-2-7-14-24)31(22-25-15-8-3-9-16-25)27(19-23-11-4-1-5-12-23)29(33)30-21-26-17-10-18-34-26/h1-18,27H,19-22H2,(H,30,33)/t27-/m1/s1. The Labute approximate surface area is 200 Å². The van der Waals surface area contributed by atoms with Crippen LogP contribution in [0.3, 0.4) is 0 Å². The highest BCUT2D eigenvalue weighted by atomic mass is 16.3. The van der Waals surface area contributed by atoms with E-state index in [2.05, 4.69) is 5.32 Å². The van der Waals surface area contributed by atoms with Crippen LogP contribution in [0.1, 0.15) is 22.5 Å². The third kappa shape index (κ3) is 6.45. The minimum Gasteiger partial charge on any atom is -0.467 e. The van der Waals surface area contributed by atoms with E-state index in [-0.39, 0.29) is 24.8 Å². The molecule has 0 aliphatic rings. The van der Waals surface area contributed by atoms with E-state index in [9.17, 15) is 9.59 Å². The van der Waals surface area contributed by atoms with Crippen molar-refractivity contribution in [1.82, 2.24) is 10.2 Å². The molecule has 172 valence electrons. The Hall–Kier alpha value is -4.12. The van der Waals surface area contributed by atoms with Crippen LogP contribution >= 0.6 is 0 Å². The lowest BCUT2D eigenvalue weighted by atomic mass is 10.0. The molecule has 0 saturated heterocycles. The lowest BCUT2D eigenvalue weighted by molar-refractivity contribution is -0.140. The number of nitrogens with one attached hydrogen (secondary N) is 1. The fraction of sp³-hybridized carbons (Fsp3) is 0.172. The Balaban J connectivity index is 1.62. The van der Waals surface area contributed by atoms with E-state index in [0.29, 0.717) is 18.7 Å². The van der Waals surface area contributed by atoms with Gasteiger partial charge < -0.3 is 14.6 Å². The second-order valence-corrected chi connectivity index (χ2v) is 8.17. The van der Waals surface area contributed by atoms with Gasteiger partial charge in [0.25, 0.3) is 0 Å². The van der Waals surface area contributed by atoms with Crippen LogP contribution in [-0.4, -0.2) is 22.8 Å². The van der Waals surface area contributed by atoms with Gasteiger partial charge in [0, 0.05) is 13.0 Å². The molecular formula is C29H28N2O3.